The monoisotopic (exact) mass is 247 g/mol. The molecule has 3 nitrogen and oxygen atoms in total. The van der Waals surface area contributed by atoms with Crippen LogP contribution in [-0.4, -0.2) is 29.1 Å². The lowest BCUT2D eigenvalue weighted by atomic mass is 9.86. The molecule has 3 heteroatoms. The fourth-order valence-electron chi connectivity index (χ4n) is 2.66. The van der Waals surface area contributed by atoms with Gasteiger partial charge in [0.2, 0.25) is 0 Å². The summed E-state index contributed by atoms with van der Waals surface area (Å²) in [7, 11) is 0. The van der Waals surface area contributed by atoms with Crippen LogP contribution in [0.2, 0.25) is 0 Å². The molecule has 0 spiro atoms. The topological polar surface area (TPSA) is 40.5 Å². The number of benzene rings is 1. The van der Waals surface area contributed by atoms with Crippen LogP contribution in [0, 0.1) is 5.92 Å². The molecule has 0 bridgehead atoms. The van der Waals surface area contributed by atoms with Crippen molar-refractivity contribution in [1.29, 1.82) is 0 Å². The highest BCUT2D eigenvalue weighted by Crippen LogP contribution is 2.32. The first kappa shape index (κ1) is 13.1. The Bertz CT molecular complexity index is 410. The molecular formula is C15H21NO2. The Morgan fingerprint density at radius 2 is 1.83 bits per heavy atom. The first-order valence-electron chi connectivity index (χ1n) is 6.59. The smallest absolute Gasteiger partial charge is 0.328 e. The molecule has 1 heterocycles. The standard InChI is InChI=1S/C15H21NO2/c1-12-8-10-16(11-9-12)15(2,14(17)18)13-6-4-3-5-7-13/h3-7,12H,8-11H2,1-2H3,(H,17,18). The number of hydrogen-bond donors (Lipinski definition) is 1. The molecule has 1 fully saturated rings. The molecule has 1 aliphatic heterocycles. The fourth-order valence-corrected chi connectivity index (χ4v) is 2.66. The Labute approximate surface area is 108 Å². The van der Waals surface area contributed by atoms with Crippen molar-refractivity contribution in [1.82, 2.24) is 4.90 Å². The van der Waals surface area contributed by atoms with Crippen molar-refractivity contribution in [3.8, 4) is 0 Å². The van der Waals surface area contributed by atoms with E-state index in [-0.39, 0.29) is 0 Å². The largest absolute Gasteiger partial charge is 0.480 e. The first-order valence-corrected chi connectivity index (χ1v) is 6.59. The lowest BCUT2D eigenvalue weighted by molar-refractivity contribution is -0.152. The molecule has 1 aromatic rings. The Kier molecular flexibility index (Phi) is 3.71. The lowest BCUT2D eigenvalue weighted by Crippen LogP contribution is -2.52. The Balaban J connectivity index is 2.30. The molecule has 18 heavy (non-hydrogen) atoms. The SMILES string of the molecule is CC1CCN(C(C)(C(=O)O)c2ccccc2)CC1. The van der Waals surface area contributed by atoms with Crippen molar-refractivity contribution in [2.45, 2.75) is 32.2 Å². The summed E-state index contributed by atoms with van der Waals surface area (Å²) < 4.78 is 0. The van der Waals surface area contributed by atoms with Gasteiger partial charge in [0.05, 0.1) is 0 Å². The van der Waals surface area contributed by atoms with E-state index in [9.17, 15) is 9.90 Å². The van der Waals surface area contributed by atoms with Gasteiger partial charge in [-0.25, -0.2) is 4.79 Å². The Hall–Kier alpha value is -1.35. The molecule has 98 valence electrons. The minimum absolute atomic E-state index is 0.704. The van der Waals surface area contributed by atoms with E-state index in [0.29, 0.717) is 5.92 Å². The number of aliphatic carboxylic acids is 1. The van der Waals surface area contributed by atoms with Gasteiger partial charge in [0, 0.05) is 0 Å². The molecule has 1 aliphatic rings. The van der Waals surface area contributed by atoms with Gasteiger partial charge in [-0.05, 0) is 44.3 Å². The van der Waals surface area contributed by atoms with Crippen LogP contribution in [0.5, 0.6) is 0 Å². The lowest BCUT2D eigenvalue weighted by Gasteiger charge is -2.42. The predicted molar refractivity (Wildman–Crippen MR) is 71.4 cm³/mol. The summed E-state index contributed by atoms with van der Waals surface area (Å²) in [6, 6.07) is 9.55. The fraction of sp³-hybridized carbons (Fsp3) is 0.533. The van der Waals surface area contributed by atoms with Crippen molar-refractivity contribution >= 4 is 5.97 Å². The predicted octanol–water partition coefficient (Wildman–Crippen LogP) is 2.72. The zero-order chi connectivity index (χ0) is 13.2. The number of likely N-dealkylation sites (tertiary alicyclic amines) is 1. The average molecular weight is 247 g/mol. The highest BCUT2D eigenvalue weighted by Gasteiger charge is 2.42. The van der Waals surface area contributed by atoms with Crippen molar-refractivity contribution < 1.29 is 9.90 Å². The summed E-state index contributed by atoms with van der Waals surface area (Å²) in [4.78, 5) is 13.9. The molecular weight excluding hydrogens is 226 g/mol. The molecule has 0 radical (unpaired) electrons. The van der Waals surface area contributed by atoms with E-state index in [2.05, 4.69) is 11.8 Å². The van der Waals surface area contributed by atoms with Crippen LogP contribution in [0.1, 0.15) is 32.3 Å². The van der Waals surface area contributed by atoms with Gasteiger partial charge in [0.1, 0.15) is 5.54 Å². The summed E-state index contributed by atoms with van der Waals surface area (Å²) in [5, 5.41) is 9.66. The normalized spacial score (nSPS) is 21.4. The molecule has 0 aromatic heterocycles. The van der Waals surface area contributed by atoms with Crippen molar-refractivity contribution in [3.05, 3.63) is 35.9 Å². The van der Waals surface area contributed by atoms with Gasteiger partial charge in [-0.15, -0.1) is 0 Å². The van der Waals surface area contributed by atoms with Crippen LogP contribution in [0.3, 0.4) is 0 Å². The maximum atomic E-state index is 11.8. The summed E-state index contributed by atoms with van der Waals surface area (Å²) in [6.07, 6.45) is 2.16. The van der Waals surface area contributed by atoms with E-state index in [1.807, 2.05) is 37.3 Å². The van der Waals surface area contributed by atoms with Gasteiger partial charge in [-0.3, -0.25) is 4.90 Å². The second-order valence-corrected chi connectivity index (χ2v) is 5.41. The third kappa shape index (κ3) is 2.27. The zero-order valence-corrected chi connectivity index (χ0v) is 11.1. The van der Waals surface area contributed by atoms with Crippen LogP contribution in [-0.2, 0) is 10.3 Å². The first-order chi connectivity index (χ1) is 8.55. The van der Waals surface area contributed by atoms with Crippen LogP contribution in [0.15, 0.2) is 30.3 Å². The van der Waals surface area contributed by atoms with Crippen molar-refractivity contribution in [2.24, 2.45) is 5.92 Å². The summed E-state index contributed by atoms with van der Waals surface area (Å²) in [5.41, 5.74) is -0.0337. The molecule has 0 amide bonds. The maximum absolute atomic E-state index is 11.8. The number of hydrogen-bond acceptors (Lipinski definition) is 2. The molecule has 1 atom stereocenters. The van der Waals surface area contributed by atoms with E-state index in [1.165, 1.54) is 0 Å². The Morgan fingerprint density at radius 3 is 2.33 bits per heavy atom. The van der Waals surface area contributed by atoms with E-state index in [4.69, 9.17) is 0 Å². The number of carbonyl (C=O) groups is 1. The number of carboxylic acid groups (broad SMARTS) is 1. The molecule has 0 aliphatic carbocycles. The van der Waals surface area contributed by atoms with E-state index in [0.717, 1.165) is 31.5 Å². The summed E-state index contributed by atoms with van der Waals surface area (Å²) in [6.45, 7) is 5.77. The zero-order valence-electron chi connectivity index (χ0n) is 11.1. The average Bonchev–Trinajstić information content (AvgIpc) is 2.39. The second-order valence-electron chi connectivity index (χ2n) is 5.41. The Morgan fingerprint density at radius 1 is 1.28 bits per heavy atom. The van der Waals surface area contributed by atoms with E-state index in [1.54, 1.807) is 0 Å². The van der Waals surface area contributed by atoms with Gasteiger partial charge in [0.15, 0.2) is 0 Å². The van der Waals surface area contributed by atoms with E-state index < -0.39 is 11.5 Å². The highest BCUT2D eigenvalue weighted by molar-refractivity contribution is 5.80. The van der Waals surface area contributed by atoms with Gasteiger partial charge in [-0.1, -0.05) is 37.3 Å². The minimum Gasteiger partial charge on any atom is -0.480 e. The molecule has 0 saturated carbocycles. The van der Waals surface area contributed by atoms with Crippen molar-refractivity contribution in [3.63, 3.8) is 0 Å². The maximum Gasteiger partial charge on any atom is 0.328 e. The van der Waals surface area contributed by atoms with Crippen molar-refractivity contribution in [2.75, 3.05) is 13.1 Å². The molecule has 1 saturated heterocycles. The van der Waals surface area contributed by atoms with Crippen LogP contribution in [0.4, 0.5) is 0 Å². The van der Waals surface area contributed by atoms with Gasteiger partial charge >= 0.3 is 5.97 Å². The number of carboxylic acids is 1. The molecule has 1 unspecified atom stereocenters. The third-order valence-corrected chi connectivity index (χ3v) is 4.17. The third-order valence-electron chi connectivity index (χ3n) is 4.17. The van der Waals surface area contributed by atoms with Gasteiger partial charge in [-0.2, -0.15) is 0 Å². The second kappa shape index (κ2) is 5.11. The summed E-state index contributed by atoms with van der Waals surface area (Å²) in [5.74, 6) is -0.0571. The van der Waals surface area contributed by atoms with Gasteiger partial charge < -0.3 is 5.11 Å². The van der Waals surface area contributed by atoms with Gasteiger partial charge in [0.25, 0.3) is 0 Å². The quantitative estimate of drug-likeness (QED) is 0.892. The number of nitrogens with zero attached hydrogens (tertiary/aromatic N) is 1. The summed E-state index contributed by atoms with van der Waals surface area (Å²) >= 11 is 0. The minimum atomic E-state index is -0.901. The highest BCUT2D eigenvalue weighted by atomic mass is 16.4. The van der Waals surface area contributed by atoms with Crippen LogP contribution >= 0.6 is 0 Å². The van der Waals surface area contributed by atoms with E-state index >= 15 is 0 Å². The molecule has 2 rings (SSSR count). The molecule has 1 aromatic carbocycles. The number of piperidine rings is 1. The number of rotatable bonds is 3. The van der Waals surface area contributed by atoms with Crippen LogP contribution in [0.25, 0.3) is 0 Å². The van der Waals surface area contributed by atoms with Crippen LogP contribution < -0.4 is 0 Å². The molecule has 1 N–H and O–H groups in total.